The van der Waals surface area contributed by atoms with Crippen LogP contribution in [0.2, 0.25) is 0 Å². The molecule has 1 saturated heterocycles. The molecule has 1 heterocycles. The van der Waals surface area contributed by atoms with Crippen molar-refractivity contribution in [3.05, 3.63) is 0 Å². The summed E-state index contributed by atoms with van der Waals surface area (Å²) in [6.07, 6.45) is 5.99. The third kappa shape index (κ3) is 2.27. The van der Waals surface area contributed by atoms with Gasteiger partial charge in [-0.15, -0.1) is 0 Å². The number of nitrogens with one attached hydrogen (secondary N) is 1. The average molecular weight is 196 g/mol. The molecule has 0 aromatic heterocycles. The fourth-order valence-electron chi connectivity index (χ4n) is 2.54. The van der Waals surface area contributed by atoms with Gasteiger partial charge in [-0.25, -0.2) is 0 Å². The van der Waals surface area contributed by atoms with Gasteiger partial charge in [0.05, 0.1) is 5.92 Å². The highest BCUT2D eigenvalue weighted by molar-refractivity contribution is 5.79. The lowest BCUT2D eigenvalue weighted by molar-refractivity contribution is -0.125. The van der Waals surface area contributed by atoms with E-state index >= 15 is 0 Å². The smallest absolute Gasteiger partial charge is 0.224 e. The maximum absolute atomic E-state index is 11.8. The van der Waals surface area contributed by atoms with Crippen molar-refractivity contribution < 1.29 is 4.79 Å². The molecule has 2 rings (SSSR count). The fraction of sp³-hybridized carbons (Fsp3) is 0.909. The first-order chi connectivity index (χ1) is 6.75. The van der Waals surface area contributed by atoms with E-state index in [1.54, 1.807) is 0 Å². The van der Waals surface area contributed by atoms with Crippen molar-refractivity contribution in [1.82, 2.24) is 10.2 Å². The third-order valence-corrected chi connectivity index (χ3v) is 3.46. The number of nitrogens with zero attached hydrogens (tertiary/aromatic N) is 1. The van der Waals surface area contributed by atoms with Gasteiger partial charge in [0.15, 0.2) is 0 Å². The van der Waals surface area contributed by atoms with Gasteiger partial charge in [0.1, 0.15) is 0 Å². The van der Waals surface area contributed by atoms with E-state index in [1.165, 1.54) is 25.7 Å². The topological polar surface area (TPSA) is 32.3 Å². The molecule has 14 heavy (non-hydrogen) atoms. The van der Waals surface area contributed by atoms with Crippen LogP contribution in [0, 0.1) is 5.92 Å². The largest absolute Gasteiger partial charge is 0.353 e. The first-order valence-corrected chi connectivity index (χ1v) is 5.74. The molecule has 0 spiro atoms. The van der Waals surface area contributed by atoms with Crippen molar-refractivity contribution in [3.63, 3.8) is 0 Å². The highest BCUT2D eigenvalue weighted by atomic mass is 16.2. The Balaban J connectivity index is 1.77. The minimum absolute atomic E-state index is 0.251. The summed E-state index contributed by atoms with van der Waals surface area (Å²) < 4.78 is 0. The van der Waals surface area contributed by atoms with Gasteiger partial charge in [-0.05, 0) is 32.9 Å². The third-order valence-electron chi connectivity index (χ3n) is 3.46. The van der Waals surface area contributed by atoms with Crippen LogP contribution in [-0.2, 0) is 4.79 Å². The van der Waals surface area contributed by atoms with Crippen molar-refractivity contribution in [2.45, 2.75) is 38.1 Å². The number of amides is 1. The van der Waals surface area contributed by atoms with Crippen molar-refractivity contribution in [1.29, 1.82) is 0 Å². The molecule has 2 aliphatic rings. The average Bonchev–Trinajstić information content (AvgIpc) is 2.75. The maximum Gasteiger partial charge on any atom is 0.224 e. The van der Waals surface area contributed by atoms with Crippen molar-refractivity contribution in [2.24, 2.45) is 5.92 Å². The summed E-state index contributed by atoms with van der Waals surface area (Å²) in [5.41, 5.74) is 0. The van der Waals surface area contributed by atoms with Crippen LogP contribution in [-0.4, -0.2) is 37.0 Å². The standard InChI is InChI=1S/C11H20N2O/c1-13-7-6-9(8-13)11(14)12-10-4-2-3-5-10/h9-10H,2-8H2,1H3,(H,12,14). The predicted molar refractivity (Wildman–Crippen MR) is 56.0 cm³/mol. The van der Waals surface area contributed by atoms with Gasteiger partial charge in [0.2, 0.25) is 5.91 Å². The van der Waals surface area contributed by atoms with E-state index in [1.807, 2.05) is 0 Å². The van der Waals surface area contributed by atoms with E-state index in [2.05, 4.69) is 17.3 Å². The van der Waals surface area contributed by atoms with E-state index in [0.29, 0.717) is 11.9 Å². The monoisotopic (exact) mass is 196 g/mol. The van der Waals surface area contributed by atoms with Gasteiger partial charge in [0.25, 0.3) is 0 Å². The molecule has 3 nitrogen and oxygen atoms in total. The molecule has 1 aliphatic carbocycles. The molecular weight excluding hydrogens is 176 g/mol. The molecule has 0 radical (unpaired) electrons. The van der Waals surface area contributed by atoms with E-state index in [-0.39, 0.29) is 5.92 Å². The van der Waals surface area contributed by atoms with Gasteiger partial charge in [-0.2, -0.15) is 0 Å². The molecule has 1 amide bonds. The molecule has 1 aliphatic heterocycles. The molecular formula is C11H20N2O. The summed E-state index contributed by atoms with van der Waals surface area (Å²) in [7, 11) is 2.09. The summed E-state index contributed by atoms with van der Waals surface area (Å²) in [5.74, 6) is 0.543. The molecule has 1 N–H and O–H groups in total. The Kier molecular flexibility index (Phi) is 3.06. The lowest BCUT2D eigenvalue weighted by Gasteiger charge is -2.15. The molecule has 1 atom stereocenters. The van der Waals surface area contributed by atoms with Gasteiger partial charge >= 0.3 is 0 Å². The fourth-order valence-corrected chi connectivity index (χ4v) is 2.54. The first-order valence-electron chi connectivity index (χ1n) is 5.74. The molecule has 0 aromatic carbocycles. The van der Waals surface area contributed by atoms with Crippen LogP contribution in [0.1, 0.15) is 32.1 Å². The van der Waals surface area contributed by atoms with Gasteiger partial charge < -0.3 is 10.2 Å². The molecule has 3 heteroatoms. The number of carbonyl (C=O) groups is 1. The summed E-state index contributed by atoms with van der Waals surface area (Å²) >= 11 is 0. The zero-order valence-electron chi connectivity index (χ0n) is 8.96. The highest BCUT2D eigenvalue weighted by Gasteiger charge is 2.28. The van der Waals surface area contributed by atoms with E-state index in [9.17, 15) is 4.79 Å². The number of likely N-dealkylation sites (tertiary alicyclic amines) is 1. The van der Waals surface area contributed by atoms with E-state index < -0.39 is 0 Å². The first kappa shape index (κ1) is 9.97. The molecule has 0 aromatic rings. The zero-order valence-corrected chi connectivity index (χ0v) is 8.96. The van der Waals surface area contributed by atoms with Gasteiger partial charge in [0, 0.05) is 12.6 Å². The predicted octanol–water partition coefficient (Wildman–Crippen LogP) is 0.997. The van der Waals surface area contributed by atoms with Crippen LogP contribution >= 0.6 is 0 Å². The molecule has 1 unspecified atom stereocenters. The number of carbonyl (C=O) groups excluding carboxylic acids is 1. The highest BCUT2D eigenvalue weighted by Crippen LogP contribution is 2.20. The normalized spacial score (nSPS) is 29.6. The Labute approximate surface area is 85.8 Å². The second-order valence-corrected chi connectivity index (χ2v) is 4.74. The lowest BCUT2D eigenvalue weighted by Crippen LogP contribution is -2.38. The van der Waals surface area contributed by atoms with E-state index in [4.69, 9.17) is 0 Å². The van der Waals surface area contributed by atoms with Crippen LogP contribution in [0.15, 0.2) is 0 Å². The van der Waals surface area contributed by atoms with E-state index in [0.717, 1.165) is 19.5 Å². The van der Waals surface area contributed by atoms with Crippen molar-refractivity contribution in [3.8, 4) is 0 Å². The number of rotatable bonds is 2. The maximum atomic E-state index is 11.8. The van der Waals surface area contributed by atoms with Gasteiger partial charge in [-0.3, -0.25) is 4.79 Å². The van der Waals surface area contributed by atoms with Crippen molar-refractivity contribution in [2.75, 3.05) is 20.1 Å². The molecule has 0 bridgehead atoms. The number of hydrogen-bond donors (Lipinski definition) is 1. The minimum atomic E-state index is 0.251. The quantitative estimate of drug-likeness (QED) is 0.714. The summed E-state index contributed by atoms with van der Waals surface area (Å²) in [6.45, 7) is 2.02. The Morgan fingerprint density at radius 3 is 2.57 bits per heavy atom. The van der Waals surface area contributed by atoms with Crippen LogP contribution in [0.3, 0.4) is 0 Å². The Bertz CT molecular complexity index is 211. The zero-order chi connectivity index (χ0) is 9.97. The lowest BCUT2D eigenvalue weighted by atomic mass is 10.1. The van der Waals surface area contributed by atoms with Gasteiger partial charge in [-0.1, -0.05) is 12.8 Å². The summed E-state index contributed by atoms with van der Waals surface area (Å²) in [4.78, 5) is 14.0. The van der Waals surface area contributed by atoms with Crippen LogP contribution in [0.4, 0.5) is 0 Å². The second kappa shape index (κ2) is 4.30. The minimum Gasteiger partial charge on any atom is -0.353 e. The second-order valence-electron chi connectivity index (χ2n) is 4.74. The Hall–Kier alpha value is -0.570. The molecule has 2 fully saturated rings. The Morgan fingerprint density at radius 2 is 2.00 bits per heavy atom. The number of hydrogen-bond acceptors (Lipinski definition) is 2. The van der Waals surface area contributed by atoms with Crippen molar-refractivity contribution >= 4 is 5.91 Å². The van der Waals surface area contributed by atoms with Crippen LogP contribution in [0.5, 0.6) is 0 Å². The molecule has 80 valence electrons. The van der Waals surface area contributed by atoms with Crippen LogP contribution in [0.25, 0.3) is 0 Å². The van der Waals surface area contributed by atoms with Crippen LogP contribution < -0.4 is 5.32 Å². The molecule has 1 saturated carbocycles. The summed E-state index contributed by atoms with van der Waals surface area (Å²) in [6, 6.07) is 0.480. The summed E-state index contributed by atoms with van der Waals surface area (Å²) in [5, 5.41) is 3.18. The SMILES string of the molecule is CN1CCC(C(=O)NC2CCCC2)C1. The Morgan fingerprint density at radius 1 is 1.29 bits per heavy atom.